The first-order valence-electron chi connectivity index (χ1n) is 11.9. The number of nitrogens with zero attached hydrogens (tertiary/aromatic N) is 1. The van der Waals surface area contributed by atoms with E-state index in [1.165, 1.54) is 0 Å². The van der Waals surface area contributed by atoms with Gasteiger partial charge in [0.05, 0.1) is 23.6 Å². The molecule has 1 saturated heterocycles. The van der Waals surface area contributed by atoms with Crippen molar-refractivity contribution in [2.75, 3.05) is 0 Å². The van der Waals surface area contributed by atoms with Gasteiger partial charge in [-0.15, -0.1) is 6.58 Å². The van der Waals surface area contributed by atoms with E-state index < -0.39 is 11.5 Å². The van der Waals surface area contributed by atoms with E-state index >= 15 is 0 Å². The van der Waals surface area contributed by atoms with Gasteiger partial charge in [0, 0.05) is 16.0 Å². The Morgan fingerprint density at radius 3 is 2.42 bits per heavy atom. The number of likely N-dealkylation sites (tertiary alicyclic amines) is 1. The lowest BCUT2D eigenvalue weighted by molar-refractivity contribution is -0.159. The topological polar surface area (TPSA) is 40.5 Å². The molecule has 1 aliphatic heterocycles. The van der Waals surface area contributed by atoms with Gasteiger partial charge in [-0.25, -0.2) is 0 Å². The van der Waals surface area contributed by atoms with Crippen LogP contribution in [0.4, 0.5) is 0 Å². The second kappa shape index (κ2) is 9.82. The third kappa shape index (κ3) is 4.87. The zero-order valence-electron chi connectivity index (χ0n) is 19.4. The molecule has 2 unspecified atom stereocenters. The Balaban J connectivity index is 1.92. The van der Waals surface area contributed by atoms with Crippen LogP contribution < -0.4 is 0 Å². The van der Waals surface area contributed by atoms with Crippen LogP contribution in [0.2, 0.25) is 10.0 Å². The highest BCUT2D eigenvalue weighted by Crippen LogP contribution is 2.54. The van der Waals surface area contributed by atoms with Crippen LogP contribution in [0.15, 0.2) is 61.2 Å². The third-order valence-corrected chi connectivity index (χ3v) is 7.91. The smallest absolute Gasteiger partial charge is 0.229 e. The van der Waals surface area contributed by atoms with E-state index in [1.807, 2.05) is 67.3 Å². The molecule has 176 valence electrons. The first-order chi connectivity index (χ1) is 15.8. The van der Waals surface area contributed by atoms with E-state index in [-0.39, 0.29) is 23.9 Å². The van der Waals surface area contributed by atoms with E-state index in [1.54, 1.807) is 0 Å². The lowest BCUT2D eigenvalue weighted by Gasteiger charge is -2.53. The number of benzene rings is 2. The van der Waals surface area contributed by atoms with Crippen molar-refractivity contribution in [3.8, 4) is 0 Å². The Bertz CT molecular complexity index is 1000. The molecule has 0 spiro atoms. The first kappa shape index (κ1) is 24.3. The summed E-state index contributed by atoms with van der Waals surface area (Å²) in [6.45, 7) is 7.98. The highest BCUT2D eigenvalue weighted by Gasteiger charge is 2.54. The average molecular weight is 486 g/mol. The lowest BCUT2D eigenvalue weighted by atomic mass is 9.66. The molecule has 1 aliphatic carbocycles. The number of aliphatic hydroxyl groups is 1. The molecule has 1 saturated carbocycles. The summed E-state index contributed by atoms with van der Waals surface area (Å²) in [4.78, 5) is 16.3. The summed E-state index contributed by atoms with van der Waals surface area (Å²) in [6, 6.07) is 15.3. The molecule has 2 aromatic rings. The van der Waals surface area contributed by atoms with Gasteiger partial charge in [0.15, 0.2) is 0 Å². The number of hydrogen-bond acceptors (Lipinski definition) is 2. The van der Waals surface area contributed by atoms with Gasteiger partial charge in [-0.3, -0.25) is 4.79 Å². The van der Waals surface area contributed by atoms with Gasteiger partial charge in [0.2, 0.25) is 5.91 Å². The SMILES string of the molecule is C=CC[C@@]1(C)C[C@H](c2cccc(Cl)c2)C(c2ccc(Cl)cc2)N(C(C2CC2)[C@H](O)CC)C1=O. The Labute approximate surface area is 207 Å². The van der Waals surface area contributed by atoms with Crippen molar-refractivity contribution in [3.05, 3.63) is 82.4 Å². The monoisotopic (exact) mass is 485 g/mol. The Morgan fingerprint density at radius 2 is 1.85 bits per heavy atom. The van der Waals surface area contributed by atoms with Crippen molar-refractivity contribution in [2.24, 2.45) is 11.3 Å². The van der Waals surface area contributed by atoms with E-state index in [4.69, 9.17) is 23.2 Å². The Morgan fingerprint density at radius 1 is 1.15 bits per heavy atom. The Hall–Kier alpha value is -1.81. The summed E-state index contributed by atoms with van der Waals surface area (Å²) in [5, 5.41) is 12.5. The number of hydrogen-bond donors (Lipinski definition) is 1. The molecule has 5 atom stereocenters. The van der Waals surface area contributed by atoms with Crippen LogP contribution >= 0.6 is 23.2 Å². The molecular weight excluding hydrogens is 453 g/mol. The van der Waals surface area contributed by atoms with Gasteiger partial charge < -0.3 is 10.0 Å². The number of aliphatic hydroxyl groups excluding tert-OH is 1. The summed E-state index contributed by atoms with van der Waals surface area (Å²) in [7, 11) is 0. The lowest BCUT2D eigenvalue weighted by Crippen LogP contribution is -2.59. The highest BCUT2D eigenvalue weighted by molar-refractivity contribution is 6.30. The molecule has 1 heterocycles. The summed E-state index contributed by atoms with van der Waals surface area (Å²) >= 11 is 12.6. The summed E-state index contributed by atoms with van der Waals surface area (Å²) in [6.07, 6.45) is 5.24. The number of rotatable bonds is 8. The maximum atomic E-state index is 14.2. The number of amides is 1. The van der Waals surface area contributed by atoms with Crippen LogP contribution in [0.25, 0.3) is 0 Å². The van der Waals surface area contributed by atoms with E-state index in [2.05, 4.69) is 12.6 Å². The second-order valence-corrected chi connectivity index (χ2v) is 10.8. The van der Waals surface area contributed by atoms with Gasteiger partial charge in [-0.1, -0.05) is 67.4 Å². The number of halogens is 2. The number of carbonyl (C=O) groups excluding carboxylic acids is 1. The quantitative estimate of drug-likeness (QED) is 0.402. The number of piperidine rings is 1. The molecule has 33 heavy (non-hydrogen) atoms. The second-order valence-electron chi connectivity index (χ2n) is 9.93. The molecule has 2 fully saturated rings. The van der Waals surface area contributed by atoms with Crippen LogP contribution in [0.3, 0.4) is 0 Å². The van der Waals surface area contributed by atoms with Gasteiger partial charge >= 0.3 is 0 Å². The molecule has 2 aliphatic rings. The minimum atomic E-state index is -0.599. The largest absolute Gasteiger partial charge is 0.391 e. The van der Waals surface area contributed by atoms with Gasteiger partial charge in [0.1, 0.15) is 0 Å². The van der Waals surface area contributed by atoms with Crippen molar-refractivity contribution in [3.63, 3.8) is 0 Å². The van der Waals surface area contributed by atoms with Crippen molar-refractivity contribution in [1.29, 1.82) is 0 Å². The highest BCUT2D eigenvalue weighted by atomic mass is 35.5. The minimum absolute atomic E-state index is 0.0258. The van der Waals surface area contributed by atoms with E-state index in [0.29, 0.717) is 35.2 Å². The molecule has 5 heteroatoms. The third-order valence-electron chi connectivity index (χ3n) is 7.42. The van der Waals surface area contributed by atoms with Crippen molar-refractivity contribution in [2.45, 2.75) is 70.1 Å². The van der Waals surface area contributed by atoms with Crippen LogP contribution in [0, 0.1) is 11.3 Å². The maximum Gasteiger partial charge on any atom is 0.229 e. The van der Waals surface area contributed by atoms with Crippen molar-refractivity contribution >= 4 is 29.1 Å². The predicted molar refractivity (Wildman–Crippen MR) is 136 cm³/mol. The fraction of sp³-hybridized carbons (Fsp3) is 0.464. The van der Waals surface area contributed by atoms with E-state index in [9.17, 15) is 9.90 Å². The van der Waals surface area contributed by atoms with Crippen molar-refractivity contribution < 1.29 is 9.90 Å². The van der Waals surface area contributed by atoms with Gasteiger partial charge in [-0.2, -0.15) is 0 Å². The minimum Gasteiger partial charge on any atom is -0.391 e. The molecular formula is C28H33Cl2NO2. The molecule has 3 nitrogen and oxygen atoms in total. The molecule has 0 aromatic heterocycles. The van der Waals surface area contributed by atoms with Crippen LogP contribution in [-0.2, 0) is 4.79 Å². The molecule has 0 bridgehead atoms. The number of carbonyl (C=O) groups is 1. The maximum absolute atomic E-state index is 14.2. The van der Waals surface area contributed by atoms with Crippen LogP contribution in [0.5, 0.6) is 0 Å². The fourth-order valence-electron chi connectivity index (χ4n) is 5.62. The van der Waals surface area contributed by atoms with Crippen LogP contribution in [0.1, 0.15) is 69.0 Å². The zero-order chi connectivity index (χ0) is 23.8. The standard InChI is InChI=1S/C28H33Cl2NO2/c1-4-15-28(3)17-23(20-7-6-8-22(30)16-20)25(18-11-13-21(29)14-12-18)31(27(28)33)26(19-9-10-19)24(32)5-2/h4,6-8,11-14,16,19,23-26,32H,1,5,9-10,15,17H2,2-3H3/t23-,24-,25?,26?,28+/m1/s1. The zero-order valence-corrected chi connectivity index (χ0v) is 20.9. The fourth-order valence-corrected chi connectivity index (χ4v) is 5.95. The average Bonchev–Trinajstić information content (AvgIpc) is 3.63. The molecule has 1 amide bonds. The van der Waals surface area contributed by atoms with Crippen LogP contribution in [-0.4, -0.2) is 28.1 Å². The summed E-state index contributed by atoms with van der Waals surface area (Å²) in [5.41, 5.74) is 1.54. The molecule has 4 rings (SSSR count). The normalized spacial score (nSPS) is 27.3. The van der Waals surface area contributed by atoms with Gasteiger partial charge in [-0.05, 0) is 73.4 Å². The summed E-state index contributed by atoms with van der Waals surface area (Å²) in [5.74, 6) is 0.452. The summed E-state index contributed by atoms with van der Waals surface area (Å²) < 4.78 is 0. The van der Waals surface area contributed by atoms with E-state index in [0.717, 1.165) is 24.0 Å². The molecule has 0 radical (unpaired) electrons. The number of allylic oxidation sites excluding steroid dienone is 1. The predicted octanol–water partition coefficient (Wildman–Crippen LogP) is 7.18. The van der Waals surface area contributed by atoms with Gasteiger partial charge in [0.25, 0.3) is 0 Å². The Kier molecular flexibility index (Phi) is 7.23. The molecule has 2 aromatic carbocycles. The van der Waals surface area contributed by atoms with Crippen molar-refractivity contribution in [1.82, 2.24) is 4.90 Å². The first-order valence-corrected chi connectivity index (χ1v) is 12.7. The molecule has 1 N–H and O–H groups in total.